The molecule has 3 atom stereocenters. The van der Waals surface area contributed by atoms with Gasteiger partial charge < -0.3 is 16.4 Å². The van der Waals surface area contributed by atoms with Crippen molar-refractivity contribution in [1.29, 1.82) is 0 Å². The van der Waals surface area contributed by atoms with Crippen LogP contribution in [0.2, 0.25) is 0 Å². The van der Waals surface area contributed by atoms with Crippen LogP contribution < -0.4 is 0 Å². The van der Waals surface area contributed by atoms with Crippen molar-refractivity contribution in [3.63, 3.8) is 0 Å². The Hall–Kier alpha value is -0.181. The first-order valence-corrected chi connectivity index (χ1v) is 6.39. The Morgan fingerprint density at radius 3 is 2.75 bits per heavy atom. The van der Waals surface area contributed by atoms with Crippen molar-refractivity contribution in [3.8, 4) is 0 Å². The van der Waals surface area contributed by atoms with E-state index in [9.17, 15) is 4.79 Å². The summed E-state index contributed by atoms with van der Waals surface area (Å²) in [4.78, 5) is 12.1. The molecule has 1 aliphatic rings. The van der Waals surface area contributed by atoms with Gasteiger partial charge in [0, 0.05) is 32.7 Å². The molecule has 0 aromatic heterocycles. The predicted molar refractivity (Wildman–Crippen MR) is 73.0 cm³/mol. The Morgan fingerprint density at radius 1 is 1.50 bits per heavy atom. The number of carbonyl (C=O) groups is 1. The Balaban J connectivity index is 0.00000200. The van der Waals surface area contributed by atoms with Gasteiger partial charge in [-0.15, -0.1) is 6.00 Å². The van der Waals surface area contributed by atoms with E-state index in [2.05, 4.69) is 6.92 Å². The zero-order valence-corrected chi connectivity index (χ0v) is 14.5. The summed E-state index contributed by atoms with van der Waals surface area (Å²) in [5, 5.41) is 0. The van der Waals surface area contributed by atoms with Crippen LogP contribution in [0.15, 0.2) is 30.3 Å². The molecule has 2 rings (SSSR count). The van der Waals surface area contributed by atoms with Gasteiger partial charge in [0.25, 0.3) is 5.97 Å². The normalized spacial score (nSPS) is 28.7. The molecule has 1 fully saturated rings. The minimum Gasteiger partial charge on any atom is -0.462 e. The van der Waals surface area contributed by atoms with Gasteiger partial charge in [0.2, 0.25) is 0 Å². The maximum atomic E-state index is 12.1. The van der Waals surface area contributed by atoms with E-state index in [-0.39, 0.29) is 45.3 Å². The van der Waals surface area contributed by atoms with E-state index in [0.29, 0.717) is 6.42 Å². The van der Waals surface area contributed by atoms with E-state index in [0.717, 1.165) is 5.56 Å². The van der Waals surface area contributed by atoms with Gasteiger partial charge in [-0.1, -0.05) is 55.2 Å². The van der Waals surface area contributed by atoms with Crippen LogP contribution in [0, 0.1) is 19.3 Å². The van der Waals surface area contributed by atoms with Gasteiger partial charge in [0.15, 0.2) is 0 Å². The molecule has 1 saturated heterocycles. The first-order valence-electron chi connectivity index (χ1n) is 6.39. The van der Waals surface area contributed by atoms with Gasteiger partial charge in [0.1, 0.15) is 6.61 Å². The SMILES string of the molecule is [B][C@H]1[CH-][C@H](C(=O)OCc2ccccc2)C([CH2-])(CC)O1.[Y]. The molecular weight excluding hydrogens is 328 g/mol. The summed E-state index contributed by atoms with van der Waals surface area (Å²) < 4.78 is 10.8. The van der Waals surface area contributed by atoms with Gasteiger partial charge in [-0.3, -0.25) is 11.2 Å². The second-order valence-electron chi connectivity index (χ2n) is 4.76. The van der Waals surface area contributed by atoms with E-state index in [1.54, 1.807) is 6.42 Å². The number of carbonyl (C=O) groups excluding carboxylic acids is 1. The summed E-state index contributed by atoms with van der Waals surface area (Å²) in [6.45, 7) is 6.12. The van der Waals surface area contributed by atoms with Crippen LogP contribution in [-0.2, 0) is 53.6 Å². The molecule has 1 heterocycles. The summed E-state index contributed by atoms with van der Waals surface area (Å²) in [7, 11) is 5.70. The third-order valence-corrected chi connectivity index (χ3v) is 3.40. The van der Waals surface area contributed by atoms with Gasteiger partial charge >= 0.3 is 0 Å². The minimum absolute atomic E-state index is 0. The van der Waals surface area contributed by atoms with E-state index < -0.39 is 17.5 Å². The number of ether oxygens (including phenoxy) is 2. The number of rotatable bonds is 4. The van der Waals surface area contributed by atoms with Crippen molar-refractivity contribution in [3.05, 3.63) is 49.2 Å². The van der Waals surface area contributed by atoms with Gasteiger partial charge in [-0.25, -0.2) is 0 Å². The molecule has 0 amide bonds. The summed E-state index contributed by atoms with van der Waals surface area (Å²) in [5.74, 6) is -0.857. The summed E-state index contributed by atoms with van der Waals surface area (Å²) in [6.07, 6.45) is 2.26. The molecule has 3 nitrogen and oxygen atoms in total. The second kappa shape index (κ2) is 7.72. The fraction of sp³-hybridized carbons (Fsp3) is 0.400. The molecule has 1 unspecified atom stereocenters. The van der Waals surface area contributed by atoms with Crippen LogP contribution in [0.3, 0.4) is 0 Å². The van der Waals surface area contributed by atoms with Crippen LogP contribution in [0.25, 0.3) is 0 Å². The average Bonchev–Trinajstić information content (AvgIpc) is 2.73. The van der Waals surface area contributed by atoms with Crippen molar-refractivity contribution in [2.45, 2.75) is 31.6 Å². The molecule has 0 spiro atoms. The monoisotopic (exact) mass is 345 g/mol. The Bertz CT molecular complexity index is 440. The quantitative estimate of drug-likeness (QED) is 0.476. The van der Waals surface area contributed by atoms with Crippen molar-refractivity contribution in [2.24, 2.45) is 5.92 Å². The van der Waals surface area contributed by atoms with Gasteiger partial charge in [0.05, 0.1) is 7.85 Å². The predicted octanol–water partition coefficient (Wildman–Crippen LogP) is 2.06. The van der Waals surface area contributed by atoms with Gasteiger partial charge in [-0.2, -0.15) is 0 Å². The summed E-state index contributed by atoms with van der Waals surface area (Å²) in [5.41, 5.74) is 0.137. The number of hydrogen-bond donors (Lipinski definition) is 0. The fourth-order valence-corrected chi connectivity index (χ4v) is 2.16. The fourth-order valence-electron chi connectivity index (χ4n) is 2.16. The van der Waals surface area contributed by atoms with E-state index in [1.165, 1.54) is 0 Å². The number of benzene rings is 1. The zero-order chi connectivity index (χ0) is 13.9. The zero-order valence-electron chi connectivity index (χ0n) is 11.6. The maximum absolute atomic E-state index is 12.1. The third kappa shape index (κ3) is 4.16. The Labute approximate surface area is 147 Å². The first-order chi connectivity index (χ1) is 9.05. The molecule has 3 radical (unpaired) electrons. The topological polar surface area (TPSA) is 35.5 Å². The smallest absolute Gasteiger partial charge is 0.279 e. The molecule has 0 saturated carbocycles. The molecular formula is C15H17BO3Y-2. The molecule has 0 aliphatic carbocycles. The van der Waals surface area contributed by atoms with Crippen LogP contribution in [0.4, 0.5) is 0 Å². The number of esters is 1. The first kappa shape index (κ1) is 17.9. The van der Waals surface area contributed by atoms with E-state index in [4.69, 9.17) is 17.3 Å². The second-order valence-corrected chi connectivity index (χ2v) is 4.76. The van der Waals surface area contributed by atoms with Gasteiger partial charge in [-0.05, 0) is 5.56 Å². The van der Waals surface area contributed by atoms with E-state index >= 15 is 0 Å². The molecule has 20 heavy (non-hydrogen) atoms. The molecule has 5 heteroatoms. The van der Waals surface area contributed by atoms with Crippen LogP contribution in [0.1, 0.15) is 18.9 Å². The number of hydrogen-bond acceptors (Lipinski definition) is 3. The Kier molecular flexibility index (Phi) is 6.90. The molecule has 1 aromatic rings. The minimum atomic E-state index is -0.812. The largest absolute Gasteiger partial charge is 0.462 e. The Morgan fingerprint density at radius 2 is 2.15 bits per heavy atom. The molecule has 1 aliphatic heterocycles. The van der Waals surface area contributed by atoms with Crippen molar-refractivity contribution < 1.29 is 47.0 Å². The average molecular weight is 345 g/mol. The van der Waals surface area contributed by atoms with E-state index in [1.807, 2.05) is 37.3 Å². The standard InChI is InChI=1S/C15H17BO3.Y/c1-3-15(2)12(9-13(16)19-15)14(17)18-10-11-7-5-4-6-8-11;/h4-9,12-13H,2-3,10H2,1H3;/q-2;/t12-,13-,15?;/m1./s1. The molecule has 103 valence electrons. The molecule has 0 bridgehead atoms. The van der Waals surface area contributed by atoms with Crippen LogP contribution >= 0.6 is 0 Å². The molecule has 0 N–H and O–H groups in total. The van der Waals surface area contributed by atoms with Crippen LogP contribution in [0.5, 0.6) is 0 Å². The summed E-state index contributed by atoms with van der Waals surface area (Å²) in [6, 6.07) is 8.98. The van der Waals surface area contributed by atoms with Crippen molar-refractivity contribution in [1.82, 2.24) is 0 Å². The summed E-state index contributed by atoms with van der Waals surface area (Å²) >= 11 is 0. The van der Waals surface area contributed by atoms with Crippen molar-refractivity contribution >= 4 is 13.8 Å². The maximum Gasteiger partial charge on any atom is 0.279 e. The van der Waals surface area contributed by atoms with Crippen molar-refractivity contribution in [2.75, 3.05) is 0 Å². The molecule has 1 aromatic carbocycles. The van der Waals surface area contributed by atoms with Crippen LogP contribution in [-0.4, -0.2) is 25.4 Å². The third-order valence-electron chi connectivity index (χ3n) is 3.40.